The number of benzene rings is 1. The number of pyridine rings is 1. The summed E-state index contributed by atoms with van der Waals surface area (Å²) in [6.07, 6.45) is 1.45. The van der Waals surface area contributed by atoms with Gasteiger partial charge in [-0.3, -0.25) is 4.79 Å². The molecule has 1 aromatic carbocycles. The van der Waals surface area contributed by atoms with Crippen molar-refractivity contribution in [2.45, 2.75) is 6.92 Å². The molecule has 0 saturated heterocycles. The molecular formula is C14H13FN2O2. The molecule has 0 saturated carbocycles. The van der Waals surface area contributed by atoms with Gasteiger partial charge in [-0.2, -0.15) is 0 Å². The van der Waals surface area contributed by atoms with E-state index in [9.17, 15) is 9.18 Å². The SMILES string of the molecule is COc1ccc(NC(=O)c2cc(C)ccc2F)cn1. The lowest BCUT2D eigenvalue weighted by atomic mass is 10.1. The van der Waals surface area contributed by atoms with Crippen molar-refractivity contribution in [1.29, 1.82) is 0 Å². The van der Waals surface area contributed by atoms with Crippen LogP contribution in [-0.4, -0.2) is 18.0 Å². The number of anilines is 1. The summed E-state index contributed by atoms with van der Waals surface area (Å²) in [5.41, 5.74) is 1.31. The fraction of sp³-hybridized carbons (Fsp3) is 0.143. The molecule has 2 aromatic rings. The van der Waals surface area contributed by atoms with E-state index >= 15 is 0 Å². The molecule has 4 nitrogen and oxygen atoms in total. The van der Waals surface area contributed by atoms with Gasteiger partial charge in [-0.15, -0.1) is 0 Å². The predicted molar refractivity (Wildman–Crippen MR) is 69.9 cm³/mol. The third-order valence-electron chi connectivity index (χ3n) is 2.57. The van der Waals surface area contributed by atoms with Crippen molar-refractivity contribution in [2.24, 2.45) is 0 Å². The molecule has 1 aromatic heterocycles. The highest BCUT2D eigenvalue weighted by molar-refractivity contribution is 6.04. The Hall–Kier alpha value is -2.43. The smallest absolute Gasteiger partial charge is 0.258 e. The molecule has 2 rings (SSSR count). The first-order valence-corrected chi connectivity index (χ1v) is 5.67. The summed E-state index contributed by atoms with van der Waals surface area (Å²) in [6.45, 7) is 1.80. The van der Waals surface area contributed by atoms with Gasteiger partial charge in [0.05, 0.1) is 24.6 Å². The van der Waals surface area contributed by atoms with Crippen LogP contribution in [0.1, 0.15) is 15.9 Å². The molecule has 1 amide bonds. The number of amides is 1. The first kappa shape index (κ1) is 13.0. The molecule has 0 spiro atoms. The average molecular weight is 260 g/mol. The molecule has 5 heteroatoms. The van der Waals surface area contributed by atoms with Crippen LogP contribution in [0.4, 0.5) is 10.1 Å². The highest BCUT2D eigenvalue weighted by atomic mass is 19.1. The Morgan fingerprint density at radius 2 is 2.11 bits per heavy atom. The summed E-state index contributed by atoms with van der Waals surface area (Å²) in [7, 11) is 1.50. The highest BCUT2D eigenvalue weighted by Crippen LogP contribution is 2.15. The van der Waals surface area contributed by atoms with Gasteiger partial charge in [-0.25, -0.2) is 9.37 Å². The van der Waals surface area contributed by atoms with Crippen LogP contribution >= 0.6 is 0 Å². The highest BCUT2D eigenvalue weighted by Gasteiger charge is 2.12. The van der Waals surface area contributed by atoms with Crippen molar-refractivity contribution in [3.63, 3.8) is 0 Å². The molecular weight excluding hydrogens is 247 g/mol. The lowest BCUT2D eigenvalue weighted by Gasteiger charge is -2.07. The van der Waals surface area contributed by atoms with Crippen LogP contribution in [-0.2, 0) is 0 Å². The average Bonchev–Trinajstić information content (AvgIpc) is 2.42. The zero-order valence-electron chi connectivity index (χ0n) is 10.6. The Morgan fingerprint density at radius 1 is 1.32 bits per heavy atom. The maximum absolute atomic E-state index is 13.5. The topological polar surface area (TPSA) is 51.2 Å². The summed E-state index contributed by atoms with van der Waals surface area (Å²) in [4.78, 5) is 15.9. The number of nitrogens with zero attached hydrogens (tertiary/aromatic N) is 1. The lowest BCUT2D eigenvalue weighted by Crippen LogP contribution is -2.14. The number of hydrogen-bond donors (Lipinski definition) is 1. The number of methoxy groups -OCH3 is 1. The van der Waals surface area contributed by atoms with Crippen LogP contribution < -0.4 is 10.1 Å². The Bertz CT molecular complexity index is 597. The van der Waals surface area contributed by atoms with Crippen LogP contribution in [0.5, 0.6) is 5.88 Å². The molecule has 0 aliphatic heterocycles. The van der Waals surface area contributed by atoms with Crippen LogP contribution in [0.15, 0.2) is 36.5 Å². The van der Waals surface area contributed by atoms with Gasteiger partial charge in [0.1, 0.15) is 5.82 Å². The largest absolute Gasteiger partial charge is 0.481 e. The van der Waals surface area contributed by atoms with Gasteiger partial charge < -0.3 is 10.1 Å². The standard InChI is InChI=1S/C14H13FN2O2/c1-9-3-5-12(15)11(7-9)14(18)17-10-4-6-13(19-2)16-8-10/h3-8H,1-2H3,(H,17,18). The molecule has 0 unspecified atom stereocenters. The molecule has 0 atom stereocenters. The van der Waals surface area contributed by atoms with Gasteiger partial charge in [0, 0.05) is 6.07 Å². The summed E-state index contributed by atoms with van der Waals surface area (Å²) < 4.78 is 18.5. The second kappa shape index (κ2) is 5.48. The molecule has 98 valence electrons. The molecule has 0 fully saturated rings. The number of aromatic nitrogens is 1. The summed E-state index contributed by atoms with van der Waals surface area (Å²) >= 11 is 0. The fourth-order valence-electron chi connectivity index (χ4n) is 1.59. The van der Waals surface area contributed by atoms with Crippen LogP contribution in [0, 0.1) is 12.7 Å². The van der Waals surface area contributed by atoms with E-state index in [0.717, 1.165) is 5.56 Å². The third kappa shape index (κ3) is 3.07. The van der Waals surface area contributed by atoms with E-state index in [0.29, 0.717) is 11.6 Å². The van der Waals surface area contributed by atoms with Crippen molar-refractivity contribution >= 4 is 11.6 Å². The first-order chi connectivity index (χ1) is 9.10. The van der Waals surface area contributed by atoms with E-state index < -0.39 is 11.7 Å². The third-order valence-corrected chi connectivity index (χ3v) is 2.57. The summed E-state index contributed by atoms with van der Waals surface area (Å²) in [6, 6.07) is 7.64. The second-order valence-electron chi connectivity index (χ2n) is 4.03. The summed E-state index contributed by atoms with van der Waals surface area (Å²) in [5.74, 6) is -0.613. The van der Waals surface area contributed by atoms with Gasteiger partial charge in [-0.05, 0) is 25.1 Å². The molecule has 0 radical (unpaired) electrons. The quantitative estimate of drug-likeness (QED) is 0.923. The second-order valence-corrected chi connectivity index (χ2v) is 4.03. The van der Waals surface area contributed by atoms with E-state index in [2.05, 4.69) is 10.3 Å². The number of rotatable bonds is 3. The van der Waals surface area contributed by atoms with E-state index in [1.807, 2.05) is 0 Å². The molecule has 0 aliphatic rings. The minimum absolute atomic E-state index is 0.0100. The van der Waals surface area contributed by atoms with Crippen molar-refractivity contribution in [3.8, 4) is 5.88 Å². The Labute approximate surface area is 110 Å². The minimum Gasteiger partial charge on any atom is -0.481 e. The van der Waals surface area contributed by atoms with Crippen molar-refractivity contribution in [1.82, 2.24) is 4.98 Å². The molecule has 0 bridgehead atoms. The van der Waals surface area contributed by atoms with E-state index in [4.69, 9.17) is 4.74 Å². The fourth-order valence-corrected chi connectivity index (χ4v) is 1.59. The Balaban J connectivity index is 2.18. The van der Waals surface area contributed by atoms with Crippen LogP contribution in [0.25, 0.3) is 0 Å². The van der Waals surface area contributed by atoms with E-state index in [-0.39, 0.29) is 5.56 Å². The molecule has 19 heavy (non-hydrogen) atoms. The van der Waals surface area contributed by atoms with Crippen molar-refractivity contribution in [2.75, 3.05) is 12.4 Å². The van der Waals surface area contributed by atoms with Crippen LogP contribution in [0.3, 0.4) is 0 Å². The molecule has 1 heterocycles. The zero-order chi connectivity index (χ0) is 13.8. The number of carbonyl (C=O) groups is 1. The number of aryl methyl sites for hydroxylation is 1. The van der Waals surface area contributed by atoms with Gasteiger partial charge in [0.25, 0.3) is 5.91 Å². The lowest BCUT2D eigenvalue weighted by molar-refractivity contribution is 0.102. The maximum atomic E-state index is 13.5. The number of ether oxygens (including phenoxy) is 1. The van der Waals surface area contributed by atoms with Crippen LogP contribution in [0.2, 0.25) is 0 Å². The Kier molecular flexibility index (Phi) is 3.75. The number of halogens is 1. The molecule has 0 aliphatic carbocycles. The minimum atomic E-state index is -0.551. The van der Waals surface area contributed by atoms with Crippen molar-refractivity contribution < 1.29 is 13.9 Å². The first-order valence-electron chi connectivity index (χ1n) is 5.67. The summed E-state index contributed by atoms with van der Waals surface area (Å²) in [5, 5.41) is 2.58. The van der Waals surface area contributed by atoms with Gasteiger partial charge in [-0.1, -0.05) is 11.6 Å². The Morgan fingerprint density at radius 3 is 2.74 bits per heavy atom. The van der Waals surface area contributed by atoms with E-state index in [1.54, 1.807) is 25.1 Å². The van der Waals surface area contributed by atoms with Gasteiger partial charge in [0.2, 0.25) is 5.88 Å². The van der Waals surface area contributed by atoms with Gasteiger partial charge in [0.15, 0.2) is 0 Å². The number of nitrogens with one attached hydrogen (secondary N) is 1. The number of carbonyl (C=O) groups excluding carboxylic acids is 1. The van der Waals surface area contributed by atoms with Gasteiger partial charge >= 0.3 is 0 Å². The van der Waals surface area contributed by atoms with E-state index in [1.165, 1.54) is 25.4 Å². The maximum Gasteiger partial charge on any atom is 0.258 e. The predicted octanol–water partition coefficient (Wildman–Crippen LogP) is 2.79. The molecule has 1 N–H and O–H groups in total. The zero-order valence-corrected chi connectivity index (χ0v) is 10.6. The number of hydrogen-bond acceptors (Lipinski definition) is 3. The van der Waals surface area contributed by atoms with Crippen molar-refractivity contribution in [3.05, 3.63) is 53.5 Å². The normalized spacial score (nSPS) is 10.1. The monoisotopic (exact) mass is 260 g/mol.